The van der Waals surface area contributed by atoms with Gasteiger partial charge in [0.25, 0.3) is 0 Å². The molecule has 0 heterocycles. The average Bonchev–Trinajstić information content (AvgIpc) is 2.83. The van der Waals surface area contributed by atoms with Crippen molar-refractivity contribution in [3.8, 4) is 0 Å². The highest BCUT2D eigenvalue weighted by atomic mass is 79.9. The predicted molar refractivity (Wildman–Crippen MR) is 139 cm³/mol. The van der Waals surface area contributed by atoms with Gasteiger partial charge in [0.15, 0.2) is 0 Å². The minimum Gasteiger partial charge on any atom is -0.0616 e. The average molecular weight is 457 g/mol. The Morgan fingerprint density at radius 3 is 1.58 bits per heavy atom. The molecule has 31 heavy (non-hydrogen) atoms. The highest BCUT2D eigenvalue weighted by molar-refractivity contribution is 9.10. The van der Waals surface area contributed by atoms with Crippen molar-refractivity contribution in [2.24, 2.45) is 0 Å². The summed E-state index contributed by atoms with van der Waals surface area (Å²) in [6.45, 7) is 0. The van der Waals surface area contributed by atoms with Gasteiger partial charge in [0.2, 0.25) is 0 Å². The minimum absolute atomic E-state index is 1.18. The summed E-state index contributed by atoms with van der Waals surface area (Å²) in [6.07, 6.45) is 0. The maximum atomic E-state index is 4.04. The van der Waals surface area contributed by atoms with Gasteiger partial charge in [0.05, 0.1) is 0 Å². The molecule has 144 valence electrons. The van der Waals surface area contributed by atoms with Gasteiger partial charge >= 0.3 is 0 Å². The van der Waals surface area contributed by atoms with E-state index in [0.717, 1.165) is 0 Å². The number of benzene rings is 7. The molecular formula is C30H17Br. The van der Waals surface area contributed by atoms with Crippen molar-refractivity contribution in [1.82, 2.24) is 0 Å². The Bertz CT molecular complexity index is 1840. The van der Waals surface area contributed by atoms with Crippen LogP contribution in [0.25, 0.3) is 64.6 Å². The topological polar surface area (TPSA) is 0 Å². The fraction of sp³-hybridized carbons (Fsp3) is 0. The molecule has 7 rings (SSSR count). The maximum absolute atomic E-state index is 4.04. The van der Waals surface area contributed by atoms with Gasteiger partial charge in [-0.05, 0) is 81.2 Å². The first kappa shape index (κ1) is 17.3. The van der Waals surface area contributed by atoms with Crippen molar-refractivity contribution >= 4 is 80.6 Å². The Morgan fingerprint density at radius 2 is 0.871 bits per heavy atom. The molecule has 0 atom stereocenters. The van der Waals surface area contributed by atoms with Gasteiger partial charge < -0.3 is 0 Å². The molecule has 0 saturated heterocycles. The maximum Gasteiger partial charge on any atom is 0.0338 e. The lowest BCUT2D eigenvalue weighted by atomic mass is 9.91. The van der Waals surface area contributed by atoms with Crippen LogP contribution in [0.5, 0.6) is 0 Å². The van der Waals surface area contributed by atoms with E-state index in [0.29, 0.717) is 0 Å². The second-order valence-electron chi connectivity index (χ2n) is 8.28. The van der Waals surface area contributed by atoms with Crippen LogP contribution in [0.3, 0.4) is 0 Å². The largest absolute Gasteiger partial charge is 0.0616 e. The van der Waals surface area contributed by atoms with Crippen molar-refractivity contribution in [2.75, 3.05) is 0 Å². The van der Waals surface area contributed by atoms with E-state index in [-0.39, 0.29) is 0 Å². The van der Waals surface area contributed by atoms with Crippen LogP contribution in [0.4, 0.5) is 0 Å². The van der Waals surface area contributed by atoms with Crippen molar-refractivity contribution in [3.63, 3.8) is 0 Å². The zero-order valence-electron chi connectivity index (χ0n) is 16.7. The smallest absolute Gasteiger partial charge is 0.0338 e. The SMILES string of the molecule is Brc1c2ccc3ccc4ccccc4c3c2cc2ccc3ccc4ccccc4c3c12. The molecule has 0 nitrogen and oxygen atoms in total. The van der Waals surface area contributed by atoms with E-state index in [1.165, 1.54) is 69.1 Å². The van der Waals surface area contributed by atoms with E-state index in [9.17, 15) is 0 Å². The van der Waals surface area contributed by atoms with Crippen molar-refractivity contribution in [3.05, 3.63) is 108 Å². The Labute approximate surface area is 187 Å². The second-order valence-corrected chi connectivity index (χ2v) is 9.08. The molecular weight excluding hydrogens is 440 g/mol. The van der Waals surface area contributed by atoms with E-state index < -0.39 is 0 Å². The summed E-state index contributed by atoms with van der Waals surface area (Å²) in [5, 5.41) is 15.5. The van der Waals surface area contributed by atoms with Crippen LogP contribution in [-0.2, 0) is 0 Å². The zero-order valence-corrected chi connectivity index (χ0v) is 18.3. The first-order valence-electron chi connectivity index (χ1n) is 10.6. The lowest BCUT2D eigenvalue weighted by Gasteiger charge is -2.14. The van der Waals surface area contributed by atoms with Crippen LogP contribution in [-0.4, -0.2) is 0 Å². The van der Waals surface area contributed by atoms with Gasteiger partial charge in [-0.3, -0.25) is 0 Å². The molecule has 0 aliphatic carbocycles. The molecule has 0 spiro atoms. The number of halogens is 1. The van der Waals surface area contributed by atoms with Gasteiger partial charge in [-0.1, -0.05) is 97.1 Å². The zero-order chi connectivity index (χ0) is 20.5. The fourth-order valence-electron chi connectivity index (χ4n) is 5.23. The molecule has 0 aliphatic heterocycles. The summed E-state index contributed by atoms with van der Waals surface area (Å²) < 4.78 is 1.18. The molecule has 7 aromatic rings. The third kappa shape index (κ3) is 2.35. The highest BCUT2D eigenvalue weighted by Crippen LogP contribution is 2.43. The number of fused-ring (bicyclic) bond motifs is 10. The Balaban J connectivity index is 1.76. The third-order valence-corrected chi connectivity index (χ3v) is 7.47. The lowest BCUT2D eigenvalue weighted by molar-refractivity contribution is 1.77. The normalized spacial score (nSPS) is 12.0. The molecule has 7 aromatic carbocycles. The lowest BCUT2D eigenvalue weighted by Crippen LogP contribution is -1.87. The van der Waals surface area contributed by atoms with E-state index in [1.54, 1.807) is 0 Å². The van der Waals surface area contributed by atoms with Gasteiger partial charge in [0, 0.05) is 9.86 Å². The van der Waals surface area contributed by atoms with Crippen LogP contribution in [0.2, 0.25) is 0 Å². The van der Waals surface area contributed by atoms with Gasteiger partial charge in [-0.2, -0.15) is 0 Å². The summed E-state index contributed by atoms with van der Waals surface area (Å²) in [6, 6.07) is 37.7. The summed E-state index contributed by atoms with van der Waals surface area (Å²) in [5.74, 6) is 0. The molecule has 0 aromatic heterocycles. The fourth-order valence-corrected chi connectivity index (χ4v) is 6.00. The van der Waals surface area contributed by atoms with Crippen molar-refractivity contribution in [1.29, 1.82) is 0 Å². The van der Waals surface area contributed by atoms with Crippen LogP contribution in [0.1, 0.15) is 0 Å². The monoisotopic (exact) mass is 456 g/mol. The van der Waals surface area contributed by atoms with E-state index in [2.05, 4.69) is 119 Å². The minimum atomic E-state index is 1.18. The van der Waals surface area contributed by atoms with Gasteiger partial charge in [-0.15, -0.1) is 0 Å². The molecule has 0 N–H and O–H groups in total. The standard InChI is InChI=1S/C30H17Br/c31-30-25-16-15-20-11-9-18-5-1-3-7-23(18)27(20)26(25)17-22-14-13-21-12-10-19-6-2-4-8-24(19)28(21)29(22)30/h1-17H. The number of hydrogen-bond acceptors (Lipinski definition) is 0. The van der Waals surface area contributed by atoms with Crippen LogP contribution < -0.4 is 0 Å². The molecule has 0 fully saturated rings. The molecule has 0 amide bonds. The third-order valence-electron chi connectivity index (χ3n) is 6.65. The molecule has 0 radical (unpaired) electrons. The molecule has 0 aliphatic rings. The van der Waals surface area contributed by atoms with E-state index in [4.69, 9.17) is 0 Å². The van der Waals surface area contributed by atoms with E-state index in [1.807, 2.05) is 0 Å². The van der Waals surface area contributed by atoms with Crippen molar-refractivity contribution < 1.29 is 0 Å². The van der Waals surface area contributed by atoms with Crippen LogP contribution in [0.15, 0.2) is 108 Å². The summed E-state index contributed by atoms with van der Waals surface area (Å²) in [4.78, 5) is 0. The Morgan fingerprint density at radius 1 is 0.355 bits per heavy atom. The highest BCUT2D eigenvalue weighted by Gasteiger charge is 2.14. The van der Waals surface area contributed by atoms with Crippen LogP contribution in [0, 0.1) is 0 Å². The summed E-state index contributed by atoms with van der Waals surface area (Å²) >= 11 is 4.04. The predicted octanol–water partition coefficient (Wildman–Crippen LogP) is 9.37. The second kappa shape index (κ2) is 6.29. The quantitative estimate of drug-likeness (QED) is 0.157. The molecule has 0 unspecified atom stereocenters. The van der Waals surface area contributed by atoms with Crippen LogP contribution >= 0.6 is 15.9 Å². The Kier molecular flexibility index (Phi) is 3.51. The molecule has 0 bridgehead atoms. The first-order valence-corrected chi connectivity index (χ1v) is 11.4. The van der Waals surface area contributed by atoms with Crippen molar-refractivity contribution in [2.45, 2.75) is 0 Å². The number of hydrogen-bond donors (Lipinski definition) is 0. The molecule has 1 heteroatoms. The summed E-state index contributed by atoms with van der Waals surface area (Å²) in [7, 11) is 0. The Hall–Kier alpha value is -3.42. The summed E-state index contributed by atoms with van der Waals surface area (Å²) in [5.41, 5.74) is 0. The first-order chi connectivity index (χ1) is 15.3. The van der Waals surface area contributed by atoms with E-state index >= 15 is 0 Å². The molecule has 0 saturated carbocycles. The number of rotatable bonds is 0. The van der Waals surface area contributed by atoms with Gasteiger partial charge in [0.1, 0.15) is 0 Å². The van der Waals surface area contributed by atoms with Gasteiger partial charge in [-0.25, -0.2) is 0 Å².